The Morgan fingerprint density at radius 2 is 2.05 bits per heavy atom. The molecule has 0 aliphatic rings. The van der Waals surface area contributed by atoms with Gasteiger partial charge in [-0.3, -0.25) is 4.79 Å². The number of nitrogens with two attached hydrogens (primary N) is 1. The topological polar surface area (TPSA) is 87.7 Å². The number of carbonyl (C=O) groups excluding carboxylic acids is 1. The van der Waals surface area contributed by atoms with Crippen LogP contribution >= 0.6 is 0 Å². The number of benzene rings is 1. The number of amidine groups is 1. The third-order valence-electron chi connectivity index (χ3n) is 2.00. The zero-order chi connectivity index (χ0) is 14.6. The zero-order valence-electron chi connectivity index (χ0n) is 9.33. The standard InChI is InChI=1S/C10H9F4N3O2/c11-5-1-2-7(6(3-5)9(15)17-19)16-8(18)4-10(12,13)14/h1-3,19H,4H2,(H2,15,17)(H,16,18). The number of alkyl halides is 3. The second-order valence-corrected chi connectivity index (χ2v) is 3.52. The maximum absolute atomic E-state index is 13.0. The molecule has 0 bridgehead atoms. The monoisotopic (exact) mass is 279 g/mol. The summed E-state index contributed by atoms with van der Waals surface area (Å²) >= 11 is 0. The first-order chi connectivity index (χ1) is 8.73. The Hall–Kier alpha value is -2.32. The van der Waals surface area contributed by atoms with E-state index in [9.17, 15) is 22.4 Å². The van der Waals surface area contributed by atoms with Crippen molar-refractivity contribution in [2.24, 2.45) is 10.9 Å². The van der Waals surface area contributed by atoms with Crippen LogP contribution in [0.15, 0.2) is 23.4 Å². The molecule has 1 amide bonds. The van der Waals surface area contributed by atoms with Crippen molar-refractivity contribution in [2.45, 2.75) is 12.6 Å². The van der Waals surface area contributed by atoms with Crippen LogP contribution in [-0.4, -0.2) is 23.1 Å². The van der Waals surface area contributed by atoms with Gasteiger partial charge in [-0.2, -0.15) is 13.2 Å². The normalized spacial score (nSPS) is 12.3. The number of nitrogens with one attached hydrogen (secondary N) is 1. The van der Waals surface area contributed by atoms with Gasteiger partial charge in [0.05, 0.1) is 5.69 Å². The van der Waals surface area contributed by atoms with Crippen LogP contribution in [0.4, 0.5) is 23.2 Å². The Morgan fingerprint density at radius 1 is 1.42 bits per heavy atom. The zero-order valence-corrected chi connectivity index (χ0v) is 9.33. The summed E-state index contributed by atoms with van der Waals surface area (Å²) < 4.78 is 48.9. The van der Waals surface area contributed by atoms with E-state index in [1.54, 1.807) is 0 Å². The second kappa shape index (κ2) is 5.55. The molecule has 1 aromatic rings. The van der Waals surface area contributed by atoms with Crippen molar-refractivity contribution in [3.8, 4) is 0 Å². The van der Waals surface area contributed by atoms with Gasteiger partial charge in [0.1, 0.15) is 12.2 Å². The smallest absolute Gasteiger partial charge is 0.397 e. The molecule has 0 radical (unpaired) electrons. The second-order valence-electron chi connectivity index (χ2n) is 3.52. The van der Waals surface area contributed by atoms with Crippen molar-refractivity contribution in [3.05, 3.63) is 29.6 Å². The predicted octanol–water partition coefficient (Wildman–Crippen LogP) is 1.81. The van der Waals surface area contributed by atoms with Crippen LogP contribution in [0.2, 0.25) is 0 Å². The number of hydrogen-bond donors (Lipinski definition) is 3. The third-order valence-corrected chi connectivity index (χ3v) is 2.00. The Morgan fingerprint density at radius 3 is 2.58 bits per heavy atom. The highest BCUT2D eigenvalue weighted by molar-refractivity contribution is 6.05. The first-order valence-electron chi connectivity index (χ1n) is 4.87. The minimum Gasteiger partial charge on any atom is -0.409 e. The minimum atomic E-state index is -4.67. The van der Waals surface area contributed by atoms with Gasteiger partial charge < -0.3 is 16.3 Å². The van der Waals surface area contributed by atoms with Crippen LogP contribution < -0.4 is 11.1 Å². The SMILES string of the molecule is N/C(=N/O)c1cc(F)ccc1NC(=O)CC(F)(F)F. The van der Waals surface area contributed by atoms with Gasteiger partial charge in [0.15, 0.2) is 5.84 Å². The molecule has 1 aromatic carbocycles. The highest BCUT2D eigenvalue weighted by Gasteiger charge is 2.31. The molecule has 5 nitrogen and oxygen atoms in total. The van der Waals surface area contributed by atoms with E-state index in [1.807, 2.05) is 5.32 Å². The number of hydrogen-bond acceptors (Lipinski definition) is 3. The van der Waals surface area contributed by atoms with Crippen LogP contribution in [0, 0.1) is 5.82 Å². The lowest BCUT2D eigenvalue weighted by Crippen LogP contribution is -2.23. The van der Waals surface area contributed by atoms with E-state index in [2.05, 4.69) is 5.16 Å². The summed E-state index contributed by atoms with van der Waals surface area (Å²) in [4.78, 5) is 11.1. The van der Waals surface area contributed by atoms with Crippen molar-refractivity contribution in [3.63, 3.8) is 0 Å². The fourth-order valence-electron chi connectivity index (χ4n) is 1.27. The molecule has 0 aromatic heterocycles. The average molecular weight is 279 g/mol. The number of anilines is 1. The molecule has 0 spiro atoms. The number of amides is 1. The minimum absolute atomic E-state index is 0.189. The molecule has 0 unspecified atom stereocenters. The first-order valence-corrected chi connectivity index (χ1v) is 4.87. The molecule has 0 saturated heterocycles. The number of halogens is 4. The summed E-state index contributed by atoms with van der Waals surface area (Å²) in [6, 6.07) is 2.74. The van der Waals surface area contributed by atoms with E-state index in [1.165, 1.54) is 0 Å². The van der Waals surface area contributed by atoms with Gasteiger partial charge in [0, 0.05) is 5.56 Å². The number of oxime groups is 1. The maximum atomic E-state index is 13.0. The van der Waals surface area contributed by atoms with Gasteiger partial charge in [-0.05, 0) is 18.2 Å². The molecule has 0 heterocycles. The Bertz CT molecular complexity index is 514. The molecule has 0 saturated carbocycles. The maximum Gasteiger partial charge on any atom is 0.397 e. The molecule has 1 rings (SSSR count). The van der Waals surface area contributed by atoms with Gasteiger partial charge in [-0.1, -0.05) is 5.16 Å². The van der Waals surface area contributed by atoms with E-state index in [4.69, 9.17) is 10.9 Å². The van der Waals surface area contributed by atoms with Gasteiger partial charge in [-0.15, -0.1) is 0 Å². The van der Waals surface area contributed by atoms with Crippen LogP contribution in [0.3, 0.4) is 0 Å². The van der Waals surface area contributed by atoms with Crippen molar-refractivity contribution >= 4 is 17.4 Å². The number of nitrogens with zero attached hydrogens (tertiary/aromatic N) is 1. The van der Waals surface area contributed by atoms with Crippen molar-refractivity contribution in [1.29, 1.82) is 0 Å². The van der Waals surface area contributed by atoms with Gasteiger partial charge in [0.2, 0.25) is 5.91 Å². The summed E-state index contributed by atoms with van der Waals surface area (Å²) in [6.07, 6.45) is -6.36. The quantitative estimate of drug-likeness (QED) is 0.259. The van der Waals surface area contributed by atoms with Crippen LogP contribution in [-0.2, 0) is 4.79 Å². The lowest BCUT2D eigenvalue weighted by molar-refractivity contribution is -0.150. The van der Waals surface area contributed by atoms with Crippen molar-refractivity contribution in [2.75, 3.05) is 5.32 Å². The highest BCUT2D eigenvalue weighted by atomic mass is 19.4. The van der Waals surface area contributed by atoms with Crippen molar-refractivity contribution in [1.82, 2.24) is 0 Å². The molecule has 9 heteroatoms. The molecule has 4 N–H and O–H groups in total. The molecular formula is C10H9F4N3O2. The largest absolute Gasteiger partial charge is 0.409 e. The van der Waals surface area contributed by atoms with E-state index < -0.39 is 30.2 Å². The molecule has 0 aliphatic heterocycles. The fraction of sp³-hybridized carbons (Fsp3) is 0.200. The van der Waals surface area contributed by atoms with Gasteiger partial charge in [-0.25, -0.2) is 4.39 Å². The van der Waals surface area contributed by atoms with Crippen LogP contribution in [0.25, 0.3) is 0 Å². The molecular weight excluding hydrogens is 270 g/mol. The lowest BCUT2D eigenvalue weighted by Gasteiger charge is -2.11. The Kier molecular flexibility index (Phi) is 4.30. The van der Waals surface area contributed by atoms with Crippen LogP contribution in [0.1, 0.15) is 12.0 Å². The Labute approximate surface area is 104 Å². The lowest BCUT2D eigenvalue weighted by atomic mass is 10.1. The molecule has 0 atom stereocenters. The number of rotatable bonds is 3. The molecule has 104 valence electrons. The summed E-state index contributed by atoms with van der Waals surface area (Å²) in [5.74, 6) is -2.64. The highest BCUT2D eigenvalue weighted by Crippen LogP contribution is 2.22. The fourth-order valence-corrected chi connectivity index (χ4v) is 1.27. The predicted molar refractivity (Wildman–Crippen MR) is 58.2 cm³/mol. The first kappa shape index (κ1) is 14.7. The van der Waals surface area contributed by atoms with E-state index in [0.29, 0.717) is 0 Å². The molecule has 0 aliphatic carbocycles. The van der Waals surface area contributed by atoms with E-state index in [0.717, 1.165) is 18.2 Å². The summed E-state index contributed by atoms with van der Waals surface area (Å²) in [7, 11) is 0. The third kappa shape index (κ3) is 4.45. The summed E-state index contributed by atoms with van der Waals surface area (Å²) in [5, 5.41) is 13.0. The summed E-state index contributed by atoms with van der Waals surface area (Å²) in [5.41, 5.74) is 4.81. The summed E-state index contributed by atoms with van der Waals surface area (Å²) in [6.45, 7) is 0. The van der Waals surface area contributed by atoms with Gasteiger partial charge >= 0.3 is 6.18 Å². The van der Waals surface area contributed by atoms with E-state index >= 15 is 0 Å². The van der Waals surface area contributed by atoms with E-state index in [-0.39, 0.29) is 11.3 Å². The van der Waals surface area contributed by atoms with Gasteiger partial charge in [0.25, 0.3) is 0 Å². The van der Waals surface area contributed by atoms with Crippen molar-refractivity contribution < 1.29 is 27.6 Å². The molecule has 19 heavy (non-hydrogen) atoms. The average Bonchev–Trinajstić information content (AvgIpc) is 2.28. The van der Waals surface area contributed by atoms with Crippen LogP contribution in [0.5, 0.6) is 0 Å². The Balaban J connectivity index is 2.98. The number of carbonyl (C=O) groups is 1. The molecule has 0 fully saturated rings.